The van der Waals surface area contributed by atoms with Crippen LogP contribution in [0.5, 0.6) is 0 Å². The van der Waals surface area contributed by atoms with Gasteiger partial charge in [0.05, 0.1) is 6.61 Å². The predicted molar refractivity (Wildman–Crippen MR) is 85.0 cm³/mol. The summed E-state index contributed by atoms with van der Waals surface area (Å²) in [4.78, 5) is 0. The SMILES string of the molecule is CCCOCCn1ccc2c(CNC(C)C)cccc21. The highest BCUT2D eigenvalue weighted by atomic mass is 16.5. The minimum atomic E-state index is 0.509. The average molecular weight is 274 g/mol. The van der Waals surface area contributed by atoms with Crippen molar-refractivity contribution in [2.24, 2.45) is 0 Å². The molecule has 2 aromatic rings. The van der Waals surface area contributed by atoms with Crippen molar-refractivity contribution in [3.8, 4) is 0 Å². The van der Waals surface area contributed by atoms with E-state index in [1.165, 1.54) is 16.5 Å². The van der Waals surface area contributed by atoms with E-state index in [0.717, 1.165) is 32.7 Å². The Morgan fingerprint density at radius 2 is 2.05 bits per heavy atom. The number of aromatic nitrogens is 1. The van der Waals surface area contributed by atoms with Crippen LogP contribution in [0.2, 0.25) is 0 Å². The highest BCUT2D eigenvalue weighted by Crippen LogP contribution is 2.20. The van der Waals surface area contributed by atoms with Crippen molar-refractivity contribution in [1.82, 2.24) is 9.88 Å². The van der Waals surface area contributed by atoms with E-state index in [4.69, 9.17) is 4.74 Å². The van der Waals surface area contributed by atoms with E-state index in [1.54, 1.807) is 0 Å². The van der Waals surface area contributed by atoms with Crippen molar-refractivity contribution in [3.63, 3.8) is 0 Å². The van der Waals surface area contributed by atoms with E-state index >= 15 is 0 Å². The minimum absolute atomic E-state index is 0.509. The van der Waals surface area contributed by atoms with Gasteiger partial charge in [-0.3, -0.25) is 0 Å². The Balaban J connectivity index is 2.08. The summed E-state index contributed by atoms with van der Waals surface area (Å²) in [6, 6.07) is 9.26. The van der Waals surface area contributed by atoms with Gasteiger partial charge in [-0.1, -0.05) is 32.9 Å². The lowest BCUT2D eigenvalue weighted by Crippen LogP contribution is -2.21. The molecule has 0 aliphatic carbocycles. The molecule has 0 saturated carbocycles. The summed E-state index contributed by atoms with van der Waals surface area (Å²) in [5, 5.41) is 4.83. The summed E-state index contributed by atoms with van der Waals surface area (Å²) in [5.74, 6) is 0. The molecule has 1 aromatic carbocycles. The van der Waals surface area contributed by atoms with Crippen LogP contribution in [0.15, 0.2) is 30.5 Å². The molecule has 1 heterocycles. The highest BCUT2D eigenvalue weighted by Gasteiger charge is 2.05. The van der Waals surface area contributed by atoms with Crippen molar-refractivity contribution in [2.75, 3.05) is 13.2 Å². The Bertz CT molecular complexity index is 531. The molecule has 0 radical (unpaired) electrons. The van der Waals surface area contributed by atoms with E-state index in [9.17, 15) is 0 Å². The lowest BCUT2D eigenvalue weighted by Gasteiger charge is -2.10. The fourth-order valence-corrected chi connectivity index (χ4v) is 2.36. The number of ether oxygens (including phenoxy) is 1. The van der Waals surface area contributed by atoms with Gasteiger partial charge in [0.15, 0.2) is 0 Å². The van der Waals surface area contributed by atoms with Gasteiger partial charge in [-0.25, -0.2) is 0 Å². The zero-order valence-corrected chi connectivity index (χ0v) is 12.9. The van der Waals surface area contributed by atoms with Gasteiger partial charge < -0.3 is 14.6 Å². The minimum Gasteiger partial charge on any atom is -0.380 e. The molecule has 0 amide bonds. The van der Waals surface area contributed by atoms with Crippen LogP contribution in [0, 0.1) is 0 Å². The van der Waals surface area contributed by atoms with Crippen LogP contribution in [0.1, 0.15) is 32.8 Å². The van der Waals surface area contributed by atoms with Crippen LogP contribution in [0.4, 0.5) is 0 Å². The first kappa shape index (κ1) is 15.1. The Hall–Kier alpha value is -1.32. The van der Waals surface area contributed by atoms with Crippen LogP contribution in [0.3, 0.4) is 0 Å². The molecule has 0 aliphatic heterocycles. The molecule has 0 bridgehead atoms. The number of nitrogens with zero attached hydrogens (tertiary/aromatic N) is 1. The van der Waals surface area contributed by atoms with E-state index in [2.05, 4.69) is 61.1 Å². The number of nitrogens with one attached hydrogen (secondary N) is 1. The average Bonchev–Trinajstić information content (AvgIpc) is 2.85. The fraction of sp³-hybridized carbons (Fsp3) is 0.529. The Morgan fingerprint density at radius 1 is 1.20 bits per heavy atom. The Morgan fingerprint density at radius 3 is 2.80 bits per heavy atom. The second-order valence-electron chi connectivity index (χ2n) is 5.51. The Labute approximate surface area is 121 Å². The van der Waals surface area contributed by atoms with Gasteiger partial charge in [0, 0.05) is 42.8 Å². The lowest BCUT2D eigenvalue weighted by molar-refractivity contribution is 0.127. The van der Waals surface area contributed by atoms with Crippen molar-refractivity contribution in [2.45, 2.75) is 46.3 Å². The van der Waals surface area contributed by atoms with Gasteiger partial charge in [-0.15, -0.1) is 0 Å². The molecule has 3 nitrogen and oxygen atoms in total. The van der Waals surface area contributed by atoms with Crippen LogP contribution in [-0.2, 0) is 17.8 Å². The molecule has 0 saturated heterocycles. The molecule has 1 aromatic heterocycles. The van der Waals surface area contributed by atoms with E-state index in [-0.39, 0.29) is 0 Å². The highest BCUT2D eigenvalue weighted by molar-refractivity contribution is 5.83. The first-order valence-electron chi connectivity index (χ1n) is 7.60. The van der Waals surface area contributed by atoms with Gasteiger partial charge in [0.1, 0.15) is 0 Å². The molecule has 0 atom stereocenters. The van der Waals surface area contributed by atoms with Gasteiger partial charge in [-0.05, 0) is 24.1 Å². The quantitative estimate of drug-likeness (QED) is 0.745. The molecule has 20 heavy (non-hydrogen) atoms. The summed E-state index contributed by atoms with van der Waals surface area (Å²) in [5.41, 5.74) is 2.66. The third kappa shape index (κ3) is 3.84. The van der Waals surface area contributed by atoms with Crippen LogP contribution in [-0.4, -0.2) is 23.8 Å². The second-order valence-corrected chi connectivity index (χ2v) is 5.51. The van der Waals surface area contributed by atoms with E-state index in [0.29, 0.717) is 6.04 Å². The third-order valence-corrected chi connectivity index (χ3v) is 3.43. The molecule has 0 spiro atoms. The number of benzene rings is 1. The summed E-state index contributed by atoms with van der Waals surface area (Å²) >= 11 is 0. The van der Waals surface area contributed by atoms with Gasteiger partial charge in [-0.2, -0.15) is 0 Å². The topological polar surface area (TPSA) is 26.2 Å². The molecule has 3 heteroatoms. The molecule has 2 rings (SSSR count). The molecule has 0 aliphatic rings. The summed E-state index contributed by atoms with van der Waals surface area (Å²) in [6.45, 7) is 9.97. The van der Waals surface area contributed by atoms with Crippen molar-refractivity contribution in [1.29, 1.82) is 0 Å². The zero-order chi connectivity index (χ0) is 14.4. The fourth-order valence-electron chi connectivity index (χ4n) is 2.36. The zero-order valence-electron chi connectivity index (χ0n) is 12.9. The largest absolute Gasteiger partial charge is 0.380 e. The van der Waals surface area contributed by atoms with Crippen molar-refractivity contribution in [3.05, 3.63) is 36.0 Å². The van der Waals surface area contributed by atoms with Gasteiger partial charge in [0.2, 0.25) is 0 Å². The molecule has 110 valence electrons. The Kier molecular flexibility index (Phi) is 5.62. The molecule has 0 unspecified atom stereocenters. The summed E-state index contributed by atoms with van der Waals surface area (Å²) < 4.78 is 7.86. The van der Waals surface area contributed by atoms with Crippen LogP contribution in [0.25, 0.3) is 10.9 Å². The predicted octanol–water partition coefficient (Wildman–Crippen LogP) is 3.57. The van der Waals surface area contributed by atoms with Crippen molar-refractivity contribution >= 4 is 10.9 Å². The molecule has 1 N–H and O–H groups in total. The third-order valence-electron chi connectivity index (χ3n) is 3.43. The first-order chi connectivity index (χ1) is 9.72. The second kappa shape index (κ2) is 7.46. The maximum Gasteiger partial charge on any atom is 0.0645 e. The number of hydrogen-bond acceptors (Lipinski definition) is 2. The molecular formula is C17H26N2O. The number of rotatable bonds is 8. The van der Waals surface area contributed by atoms with E-state index < -0.39 is 0 Å². The first-order valence-corrected chi connectivity index (χ1v) is 7.60. The van der Waals surface area contributed by atoms with Crippen LogP contribution >= 0.6 is 0 Å². The van der Waals surface area contributed by atoms with Crippen LogP contribution < -0.4 is 5.32 Å². The lowest BCUT2D eigenvalue weighted by atomic mass is 10.1. The summed E-state index contributed by atoms with van der Waals surface area (Å²) in [7, 11) is 0. The normalized spacial score (nSPS) is 11.6. The number of hydrogen-bond donors (Lipinski definition) is 1. The summed E-state index contributed by atoms with van der Waals surface area (Å²) in [6.07, 6.45) is 3.25. The molecular weight excluding hydrogens is 248 g/mol. The van der Waals surface area contributed by atoms with Gasteiger partial charge >= 0.3 is 0 Å². The maximum absolute atomic E-state index is 5.58. The number of fused-ring (bicyclic) bond motifs is 1. The van der Waals surface area contributed by atoms with E-state index in [1.807, 2.05) is 0 Å². The molecule has 0 fully saturated rings. The maximum atomic E-state index is 5.58. The van der Waals surface area contributed by atoms with Crippen molar-refractivity contribution < 1.29 is 4.74 Å². The monoisotopic (exact) mass is 274 g/mol. The van der Waals surface area contributed by atoms with Gasteiger partial charge in [0.25, 0.3) is 0 Å². The smallest absolute Gasteiger partial charge is 0.0645 e. The standard InChI is InChI=1S/C17H26N2O/c1-4-11-20-12-10-19-9-8-16-15(13-18-14(2)3)6-5-7-17(16)19/h5-9,14,18H,4,10-13H2,1-3H3.